The summed E-state index contributed by atoms with van der Waals surface area (Å²) < 4.78 is 5.16. The second-order valence-corrected chi connectivity index (χ2v) is 4.72. The van der Waals surface area contributed by atoms with Crippen LogP contribution in [0.5, 0.6) is 0 Å². The summed E-state index contributed by atoms with van der Waals surface area (Å²) in [6.45, 7) is 1.56. The molecule has 0 amide bonds. The van der Waals surface area contributed by atoms with E-state index in [1.54, 1.807) is 55.5 Å². The Balaban J connectivity index is 2.04. The van der Waals surface area contributed by atoms with Crippen molar-refractivity contribution in [2.75, 3.05) is 0 Å². The Morgan fingerprint density at radius 1 is 0.950 bits per heavy atom. The van der Waals surface area contributed by atoms with Gasteiger partial charge in [0.15, 0.2) is 6.10 Å². The van der Waals surface area contributed by atoms with Crippen LogP contribution in [0.2, 0.25) is 5.02 Å². The van der Waals surface area contributed by atoms with Crippen LogP contribution in [0.25, 0.3) is 0 Å². The molecule has 2 rings (SSSR count). The molecule has 0 aromatic heterocycles. The largest absolute Gasteiger partial charge is 0.451 e. The molecule has 0 aliphatic rings. The summed E-state index contributed by atoms with van der Waals surface area (Å²) in [4.78, 5) is 24.0. The van der Waals surface area contributed by atoms with Gasteiger partial charge in [0.05, 0.1) is 5.56 Å². The lowest BCUT2D eigenvalue weighted by atomic mass is 10.1. The first-order valence-electron chi connectivity index (χ1n) is 6.14. The van der Waals surface area contributed by atoms with Crippen molar-refractivity contribution in [1.29, 1.82) is 0 Å². The van der Waals surface area contributed by atoms with Crippen molar-refractivity contribution in [2.45, 2.75) is 13.0 Å². The van der Waals surface area contributed by atoms with Crippen molar-refractivity contribution in [1.82, 2.24) is 0 Å². The average molecular weight is 289 g/mol. The van der Waals surface area contributed by atoms with Crippen LogP contribution in [0, 0.1) is 0 Å². The smallest absolute Gasteiger partial charge is 0.338 e. The van der Waals surface area contributed by atoms with Crippen LogP contribution in [0.15, 0.2) is 54.6 Å². The number of carbonyl (C=O) groups is 2. The molecule has 0 saturated heterocycles. The van der Waals surface area contributed by atoms with E-state index in [0.717, 1.165) is 0 Å². The van der Waals surface area contributed by atoms with Gasteiger partial charge in [0.2, 0.25) is 5.78 Å². The van der Waals surface area contributed by atoms with Crippen molar-refractivity contribution < 1.29 is 14.3 Å². The van der Waals surface area contributed by atoms with Gasteiger partial charge in [0.25, 0.3) is 0 Å². The Hall–Kier alpha value is -2.13. The molecule has 1 atom stereocenters. The fraction of sp³-hybridized carbons (Fsp3) is 0.125. The maximum absolute atomic E-state index is 12.1. The summed E-state index contributed by atoms with van der Waals surface area (Å²) in [6.07, 6.45) is -0.833. The Labute approximate surface area is 122 Å². The number of benzene rings is 2. The van der Waals surface area contributed by atoms with Crippen LogP contribution in [0.1, 0.15) is 27.6 Å². The van der Waals surface area contributed by atoms with E-state index in [1.807, 2.05) is 6.07 Å². The third-order valence-corrected chi connectivity index (χ3v) is 3.04. The molecule has 3 nitrogen and oxygen atoms in total. The second-order valence-electron chi connectivity index (χ2n) is 4.28. The molecular weight excluding hydrogens is 276 g/mol. The summed E-state index contributed by atoms with van der Waals surface area (Å²) in [5.41, 5.74) is 0.881. The number of ether oxygens (including phenoxy) is 1. The first-order valence-corrected chi connectivity index (χ1v) is 6.51. The van der Waals surface area contributed by atoms with Crippen molar-refractivity contribution in [3.05, 3.63) is 70.7 Å². The molecule has 2 aromatic carbocycles. The maximum Gasteiger partial charge on any atom is 0.338 e. The van der Waals surface area contributed by atoms with E-state index in [4.69, 9.17) is 16.3 Å². The van der Waals surface area contributed by atoms with E-state index in [2.05, 4.69) is 0 Å². The molecule has 102 valence electrons. The highest BCUT2D eigenvalue weighted by atomic mass is 35.5. The number of ketones is 1. The third-order valence-electron chi connectivity index (χ3n) is 2.79. The Bertz CT molecular complexity index is 605. The zero-order chi connectivity index (χ0) is 14.5. The number of carbonyl (C=O) groups excluding carboxylic acids is 2. The Morgan fingerprint density at radius 3 is 2.15 bits per heavy atom. The van der Waals surface area contributed by atoms with Crippen LogP contribution in [-0.4, -0.2) is 17.9 Å². The summed E-state index contributed by atoms with van der Waals surface area (Å²) in [5.74, 6) is -0.772. The number of rotatable bonds is 4. The molecule has 0 radical (unpaired) electrons. The van der Waals surface area contributed by atoms with Gasteiger partial charge in [-0.25, -0.2) is 4.79 Å². The standard InChI is InChI=1S/C16H13ClO3/c1-11(15(18)12-5-3-2-4-6-12)20-16(19)13-7-9-14(17)10-8-13/h2-11H,1H3/t11-/m0/s1. The van der Waals surface area contributed by atoms with Gasteiger partial charge in [0, 0.05) is 10.6 Å². The van der Waals surface area contributed by atoms with Crippen LogP contribution in [0.3, 0.4) is 0 Å². The number of Topliss-reactive ketones (excluding diaryl/α,β-unsaturated/α-hetero) is 1. The van der Waals surface area contributed by atoms with Crippen molar-refractivity contribution in [3.8, 4) is 0 Å². The molecule has 0 aliphatic heterocycles. The van der Waals surface area contributed by atoms with E-state index >= 15 is 0 Å². The van der Waals surface area contributed by atoms with E-state index in [-0.39, 0.29) is 5.78 Å². The van der Waals surface area contributed by atoms with Gasteiger partial charge in [-0.2, -0.15) is 0 Å². The lowest BCUT2D eigenvalue weighted by molar-refractivity contribution is 0.0319. The third kappa shape index (κ3) is 3.45. The highest BCUT2D eigenvalue weighted by Crippen LogP contribution is 2.12. The molecule has 0 saturated carbocycles. The SMILES string of the molecule is C[C@H](OC(=O)c1ccc(Cl)cc1)C(=O)c1ccccc1. The van der Waals surface area contributed by atoms with Crippen LogP contribution in [0.4, 0.5) is 0 Å². The lowest BCUT2D eigenvalue weighted by Gasteiger charge is -2.12. The zero-order valence-corrected chi connectivity index (χ0v) is 11.6. The Kier molecular flexibility index (Phi) is 4.53. The summed E-state index contributed by atoms with van der Waals surface area (Å²) >= 11 is 5.75. The van der Waals surface area contributed by atoms with Crippen molar-refractivity contribution in [2.24, 2.45) is 0 Å². The number of esters is 1. The molecule has 0 unspecified atom stereocenters. The molecule has 0 N–H and O–H groups in total. The van der Waals surface area contributed by atoms with Crippen molar-refractivity contribution in [3.63, 3.8) is 0 Å². The quantitative estimate of drug-likeness (QED) is 0.635. The van der Waals surface area contributed by atoms with Gasteiger partial charge < -0.3 is 4.74 Å². The molecule has 0 bridgehead atoms. The van der Waals surface area contributed by atoms with E-state index in [9.17, 15) is 9.59 Å². The van der Waals surface area contributed by atoms with Gasteiger partial charge in [0.1, 0.15) is 0 Å². The minimum Gasteiger partial charge on any atom is -0.451 e. The van der Waals surface area contributed by atoms with E-state index < -0.39 is 12.1 Å². The number of hydrogen-bond donors (Lipinski definition) is 0. The van der Waals surface area contributed by atoms with Crippen LogP contribution < -0.4 is 0 Å². The molecule has 20 heavy (non-hydrogen) atoms. The van der Waals surface area contributed by atoms with E-state index in [1.165, 1.54) is 0 Å². The van der Waals surface area contributed by atoms with Crippen LogP contribution in [-0.2, 0) is 4.74 Å². The molecule has 2 aromatic rings. The number of hydrogen-bond acceptors (Lipinski definition) is 3. The van der Waals surface area contributed by atoms with Gasteiger partial charge in [-0.15, -0.1) is 0 Å². The molecule has 0 heterocycles. The van der Waals surface area contributed by atoms with Crippen molar-refractivity contribution >= 4 is 23.4 Å². The summed E-state index contributed by atoms with van der Waals surface area (Å²) in [5, 5.41) is 0.537. The monoisotopic (exact) mass is 288 g/mol. The minimum absolute atomic E-state index is 0.229. The summed E-state index contributed by atoms with van der Waals surface area (Å²) in [7, 11) is 0. The molecule has 0 aliphatic carbocycles. The molecule has 0 spiro atoms. The average Bonchev–Trinajstić information content (AvgIpc) is 2.48. The van der Waals surface area contributed by atoms with Crippen LogP contribution >= 0.6 is 11.6 Å². The molecule has 0 fully saturated rings. The minimum atomic E-state index is -0.833. The maximum atomic E-state index is 12.1. The Morgan fingerprint density at radius 2 is 1.55 bits per heavy atom. The fourth-order valence-corrected chi connectivity index (χ4v) is 1.83. The predicted octanol–water partition coefficient (Wildman–Crippen LogP) is 3.77. The second kappa shape index (κ2) is 6.35. The lowest BCUT2D eigenvalue weighted by Crippen LogP contribution is -2.24. The first-order chi connectivity index (χ1) is 9.58. The van der Waals surface area contributed by atoms with Gasteiger partial charge >= 0.3 is 5.97 Å². The highest BCUT2D eigenvalue weighted by Gasteiger charge is 2.20. The molecular formula is C16H13ClO3. The predicted molar refractivity (Wildman–Crippen MR) is 77.1 cm³/mol. The fourth-order valence-electron chi connectivity index (χ4n) is 1.71. The highest BCUT2D eigenvalue weighted by molar-refractivity contribution is 6.30. The molecule has 4 heteroatoms. The topological polar surface area (TPSA) is 43.4 Å². The van der Waals surface area contributed by atoms with Gasteiger partial charge in [-0.05, 0) is 31.2 Å². The summed E-state index contributed by atoms with van der Waals surface area (Å²) in [6, 6.07) is 15.0. The normalized spacial score (nSPS) is 11.7. The van der Waals surface area contributed by atoms with Gasteiger partial charge in [-0.3, -0.25) is 4.79 Å². The number of halogens is 1. The van der Waals surface area contributed by atoms with E-state index in [0.29, 0.717) is 16.1 Å². The van der Waals surface area contributed by atoms with Gasteiger partial charge in [-0.1, -0.05) is 41.9 Å². The first kappa shape index (κ1) is 14.3. The zero-order valence-electron chi connectivity index (χ0n) is 10.9.